The smallest absolute Gasteiger partial charge is 0.171 e. The number of benzene rings is 3. The van der Waals surface area contributed by atoms with Crippen LogP contribution in [-0.4, -0.2) is 20.6 Å². The van der Waals surface area contributed by atoms with Crippen LogP contribution >= 0.6 is 12.2 Å². The molecule has 1 aromatic heterocycles. The molecule has 4 aromatic rings. The van der Waals surface area contributed by atoms with Gasteiger partial charge in [0, 0.05) is 22.4 Å². The molecule has 0 aliphatic heterocycles. The summed E-state index contributed by atoms with van der Waals surface area (Å²) >= 11 is 5.62. The first-order valence-electron chi connectivity index (χ1n) is 11.6. The highest BCUT2D eigenvalue weighted by molar-refractivity contribution is 7.80. The lowest BCUT2D eigenvalue weighted by Gasteiger charge is -2.34. The first-order chi connectivity index (χ1) is 16.1. The molecule has 3 aromatic carbocycles. The van der Waals surface area contributed by atoms with Crippen LogP contribution in [0.2, 0.25) is 0 Å². The summed E-state index contributed by atoms with van der Waals surface area (Å²) in [7, 11) is 0. The van der Waals surface area contributed by atoms with E-state index in [0.717, 1.165) is 45.7 Å². The third kappa shape index (κ3) is 5.97. The van der Waals surface area contributed by atoms with Crippen LogP contribution in [0.25, 0.3) is 33.5 Å². The summed E-state index contributed by atoms with van der Waals surface area (Å²) in [4.78, 5) is 10.0. The van der Waals surface area contributed by atoms with E-state index in [4.69, 9.17) is 22.2 Å². The van der Waals surface area contributed by atoms with Gasteiger partial charge in [-0.05, 0) is 56.1 Å². The number of fused-ring (bicyclic) bond motifs is 1. The molecule has 0 aliphatic rings. The number of hydrogen-bond donors (Lipinski definition) is 2. The highest BCUT2D eigenvalue weighted by Gasteiger charge is 2.26. The molecular formula is C29H32N4S. The normalized spacial score (nSPS) is 11.9. The molecule has 0 atom stereocenters. The molecule has 5 heteroatoms. The minimum Gasteiger partial charge on any atom is -0.358 e. The minimum atomic E-state index is -0.121. The average molecular weight is 469 g/mol. The van der Waals surface area contributed by atoms with Crippen LogP contribution in [0.5, 0.6) is 0 Å². The van der Waals surface area contributed by atoms with Crippen molar-refractivity contribution in [2.24, 2.45) is 5.41 Å². The van der Waals surface area contributed by atoms with Crippen LogP contribution in [0.4, 0.5) is 5.69 Å². The minimum absolute atomic E-state index is 0.121. The Labute approximate surface area is 207 Å². The van der Waals surface area contributed by atoms with Crippen molar-refractivity contribution in [3.8, 4) is 22.5 Å². The molecule has 1 heterocycles. The van der Waals surface area contributed by atoms with Crippen molar-refractivity contribution in [3.05, 3.63) is 78.9 Å². The molecule has 34 heavy (non-hydrogen) atoms. The number of anilines is 1. The predicted molar refractivity (Wildman–Crippen MR) is 148 cm³/mol. The van der Waals surface area contributed by atoms with Gasteiger partial charge in [0.1, 0.15) is 0 Å². The summed E-state index contributed by atoms with van der Waals surface area (Å²) in [5.41, 5.74) is 6.46. The van der Waals surface area contributed by atoms with E-state index in [1.165, 1.54) is 0 Å². The summed E-state index contributed by atoms with van der Waals surface area (Å²) in [5.74, 6) is 0. The lowest BCUT2D eigenvalue weighted by molar-refractivity contribution is 0.268. The molecule has 0 bridgehead atoms. The molecule has 0 saturated heterocycles. The molecule has 0 fully saturated rings. The highest BCUT2D eigenvalue weighted by Crippen LogP contribution is 2.32. The second-order valence-corrected chi connectivity index (χ2v) is 11.0. The maximum atomic E-state index is 5.62. The van der Waals surface area contributed by atoms with Crippen LogP contribution in [0.3, 0.4) is 0 Å². The Morgan fingerprint density at radius 3 is 1.79 bits per heavy atom. The number of rotatable bonds is 5. The van der Waals surface area contributed by atoms with Gasteiger partial charge in [0.15, 0.2) is 5.11 Å². The monoisotopic (exact) mass is 468 g/mol. The summed E-state index contributed by atoms with van der Waals surface area (Å²) in [5, 5.41) is 7.40. The van der Waals surface area contributed by atoms with Crippen LogP contribution in [0, 0.1) is 5.41 Å². The maximum Gasteiger partial charge on any atom is 0.171 e. The third-order valence-electron chi connectivity index (χ3n) is 5.44. The second-order valence-electron chi connectivity index (χ2n) is 10.6. The van der Waals surface area contributed by atoms with Gasteiger partial charge in [-0.25, -0.2) is 9.97 Å². The second kappa shape index (κ2) is 9.51. The van der Waals surface area contributed by atoms with E-state index in [9.17, 15) is 0 Å². The number of nitrogens with zero attached hydrogens (tertiary/aromatic N) is 2. The largest absolute Gasteiger partial charge is 0.358 e. The number of aromatic nitrogens is 2. The molecule has 0 radical (unpaired) electrons. The van der Waals surface area contributed by atoms with Crippen molar-refractivity contribution in [2.75, 3.05) is 5.32 Å². The Bertz CT molecular complexity index is 1290. The van der Waals surface area contributed by atoms with E-state index in [1.807, 2.05) is 54.6 Å². The third-order valence-corrected chi connectivity index (χ3v) is 5.64. The lowest BCUT2D eigenvalue weighted by Crippen LogP contribution is -2.47. The standard InChI is InChI=1S/C29H32N4S/c1-28(2,3)19-29(4,5)33-27(34)30-22-16-17-23-24(18-22)32-26(21-14-10-7-11-15-21)25(31-23)20-12-8-6-9-13-20/h6-18H,19H2,1-5H3,(H2,30,33,34). The van der Waals surface area contributed by atoms with Crippen molar-refractivity contribution in [1.82, 2.24) is 15.3 Å². The molecule has 2 N–H and O–H groups in total. The molecule has 0 spiro atoms. The van der Waals surface area contributed by atoms with E-state index in [0.29, 0.717) is 5.11 Å². The zero-order chi connectivity index (χ0) is 24.3. The first-order valence-corrected chi connectivity index (χ1v) is 12.0. The Morgan fingerprint density at radius 2 is 1.26 bits per heavy atom. The average Bonchev–Trinajstić information content (AvgIpc) is 2.77. The van der Waals surface area contributed by atoms with E-state index in [1.54, 1.807) is 0 Å². The highest BCUT2D eigenvalue weighted by atomic mass is 32.1. The van der Waals surface area contributed by atoms with Crippen molar-refractivity contribution in [3.63, 3.8) is 0 Å². The van der Waals surface area contributed by atoms with Crippen molar-refractivity contribution in [2.45, 2.75) is 46.6 Å². The fourth-order valence-electron chi connectivity index (χ4n) is 4.57. The Hall–Kier alpha value is -3.31. The van der Waals surface area contributed by atoms with Gasteiger partial charge in [-0.3, -0.25) is 0 Å². The summed E-state index contributed by atoms with van der Waals surface area (Å²) < 4.78 is 0. The van der Waals surface area contributed by atoms with Gasteiger partial charge in [-0.15, -0.1) is 0 Å². The number of thiocarbonyl (C=S) groups is 1. The van der Waals surface area contributed by atoms with Gasteiger partial charge >= 0.3 is 0 Å². The Kier molecular flexibility index (Phi) is 6.67. The topological polar surface area (TPSA) is 49.8 Å². The van der Waals surface area contributed by atoms with Gasteiger partial charge < -0.3 is 10.6 Å². The number of hydrogen-bond acceptors (Lipinski definition) is 3. The fourth-order valence-corrected chi connectivity index (χ4v) is 4.96. The van der Waals surface area contributed by atoms with E-state index >= 15 is 0 Å². The Morgan fingerprint density at radius 1 is 0.735 bits per heavy atom. The quantitative estimate of drug-likeness (QED) is 0.298. The van der Waals surface area contributed by atoms with Crippen molar-refractivity contribution >= 4 is 34.1 Å². The maximum absolute atomic E-state index is 5.62. The number of nitrogens with one attached hydrogen (secondary N) is 2. The molecule has 174 valence electrons. The van der Waals surface area contributed by atoms with Gasteiger partial charge in [0.2, 0.25) is 0 Å². The summed E-state index contributed by atoms with van der Waals surface area (Å²) in [6.45, 7) is 11.1. The van der Waals surface area contributed by atoms with E-state index in [2.05, 4.69) is 69.5 Å². The van der Waals surface area contributed by atoms with Crippen LogP contribution in [-0.2, 0) is 0 Å². The first kappa shape index (κ1) is 23.8. The lowest BCUT2D eigenvalue weighted by atomic mass is 9.82. The van der Waals surface area contributed by atoms with Gasteiger partial charge in [-0.1, -0.05) is 81.4 Å². The molecule has 0 saturated carbocycles. The Balaban J connectivity index is 1.67. The van der Waals surface area contributed by atoms with Crippen LogP contribution in [0.15, 0.2) is 78.9 Å². The molecule has 0 unspecified atom stereocenters. The fraction of sp³-hybridized carbons (Fsp3) is 0.276. The van der Waals surface area contributed by atoms with Crippen molar-refractivity contribution < 1.29 is 0 Å². The van der Waals surface area contributed by atoms with E-state index in [-0.39, 0.29) is 11.0 Å². The van der Waals surface area contributed by atoms with E-state index < -0.39 is 0 Å². The predicted octanol–water partition coefficient (Wildman–Crippen LogP) is 7.47. The molecular weight excluding hydrogens is 436 g/mol. The van der Waals surface area contributed by atoms with Gasteiger partial charge in [0.05, 0.1) is 22.4 Å². The summed E-state index contributed by atoms with van der Waals surface area (Å²) in [6, 6.07) is 26.4. The van der Waals surface area contributed by atoms with Crippen LogP contribution < -0.4 is 10.6 Å². The summed E-state index contributed by atoms with van der Waals surface area (Å²) in [6.07, 6.45) is 0.994. The van der Waals surface area contributed by atoms with Crippen LogP contribution in [0.1, 0.15) is 41.0 Å². The molecule has 0 aliphatic carbocycles. The zero-order valence-corrected chi connectivity index (χ0v) is 21.3. The van der Waals surface area contributed by atoms with Gasteiger partial charge in [0.25, 0.3) is 0 Å². The molecule has 0 amide bonds. The molecule has 4 nitrogen and oxygen atoms in total. The van der Waals surface area contributed by atoms with Gasteiger partial charge in [-0.2, -0.15) is 0 Å². The molecule has 4 rings (SSSR count). The van der Waals surface area contributed by atoms with Crippen molar-refractivity contribution in [1.29, 1.82) is 0 Å². The zero-order valence-electron chi connectivity index (χ0n) is 20.5. The SMILES string of the molecule is CC(C)(C)CC(C)(C)NC(=S)Nc1ccc2nc(-c3ccccc3)c(-c3ccccc3)nc2c1.